The molecule has 0 fully saturated rings. The van der Waals surface area contributed by atoms with E-state index in [9.17, 15) is 8.42 Å². The van der Waals surface area contributed by atoms with Gasteiger partial charge in [-0.1, -0.05) is 11.2 Å². The molecule has 0 saturated carbocycles. The molecule has 17 heavy (non-hydrogen) atoms. The summed E-state index contributed by atoms with van der Waals surface area (Å²) in [4.78, 5) is 0.136. The van der Waals surface area contributed by atoms with E-state index in [1.807, 2.05) is 0 Å². The molecule has 1 heterocycles. The van der Waals surface area contributed by atoms with E-state index in [2.05, 4.69) is 14.4 Å². The number of allylic oxidation sites excluding steroid dienone is 1. The molecule has 1 atom stereocenters. The van der Waals surface area contributed by atoms with Gasteiger partial charge in [0.1, 0.15) is 6.26 Å². The van der Waals surface area contributed by atoms with E-state index in [1.165, 1.54) is 24.5 Å². The minimum absolute atomic E-state index is 0.136. The van der Waals surface area contributed by atoms with Gasteiger partial charge in [-0.25, -0.2) is 8.42 Å². The van der Waals surface area contributed by atoms with Crippen molar-refractivity contribution in [3.8, 4) is 0 Å². The predicted octanol–water partition coefficient (Wildman–Crippen LogP) is 0.978. The summed E-state index contributed by atoms with van der Waals surface area (Å²) < 4.78 is 30.8. The molecule has 3 N–H and O–H groups in total. The highest BCUT2D eigenvalue weighted by Crippen LogP contribution is 2.23. The number of hydrogen-bond donors (Lipinski definition) is 2. The largest absolute Gasteiger partial charge is 0.363 e. The molecule has 92 valence electrons. The van der Waals surface area contributed by atoms with Crippen molar-refractivity contribution < 1.29 is 12.9 Å². The first kappa shape index (κ1) is 11.9. The fourth-order valence-electron chi connectivity index (χ4n) is 1.49. The van der Waals surface area contributed by atoms with Crippen LogP contribution in [-0.2, 0) is 10.0 Å². The van der Waals surface area contributed by atoms with Crippen molar-refractivity contribution in [2.45, 2.75) is 18.9 Å². The molecule has 2 rings (SSSR count). The molecule has 0 aromatic carbocycles. The summed E-state index contributed by atoms with van der Waals surface area (Å²) in [5.74, 6) is 0.142. The SMILES string of the molecule is CC1(N)C=C(S(=O)(=O)Nc2ccon2)C=CC1. The monoisotopic (exact) mass is 255 g/mol. The second-order valence-electron chi connectivity index (χ2n) is 4.15. The number of nitrogens with two attached hydrogens (primary N) is 1. The lowest BCUT2D eigenvalue weighted by atomic mass is 9.95. The maximum atomic E-state index is 12.0. The van der Waals surface area contributed by atoms with E-state index < -0.39 is 15.6 Å². The van der Waals surface area contributed by atoms with Gasteiger partial charge in [0.2, 0.25) is 0 Å². The number of hydrogen-bond acceptors (Lipinski definition) is 5. The van der Waals surface area contributed by atoms with Gasteiger partial charge in [-0.05, 0) is 25.5 Å². The Morgan fingerprint density at radius 2 is 2.35 bits per heavy atom. The molecule has 0 aliphatic heterocycles. The van der Waals surface area contributed by atoms with E-state index in [0.29, 0.717) is 6.42 Å². The average Bonchev–Trinajstić information content (AvgIpc) is 2.68. The molecule has 1 aromatic rings. The van der Waals surface area contributed by atoms with Crippen molar-refractivity contribution in [3.05, 3.63) is 35.5 Å². The summed E-state index contributed by atoms with van der Waals surface area (Å²) in [7, 11) is -3.66. The average molecular weight is 255 g/mol. The van der Waals surface area contributed by atoms with Crippen molar-refractivity contribution in [1.82, 2.24) is 5.16 Å². The zero-order valence-corrected chi connectivity index (χ0v) is 10.1. The molecule has 1 aliphatic carbocycles. The second kappa shape index (κ2) is 4.01. The van der Waals surface area contributed by atoms with E-state index >= 15 is 0 Å². The Hall–Kier alpha value is -1.60. The Labute approximate surface area is 99.2 Å². The van der Waals surface area contributed by atoms with Gasteiger partial charge in [0, 0.05) is 11.6 Å². The van der Waals surface area contributed by atoms with Crippen LogP contribution in [0.4, 0.5) is 5.82 Å². The van der Waals surface area contributed by atoms with Crippen LogP contribution in [-0.4, -0.2) is 19.1 Å². The van der Waals surface area contributed by atoms with Crippen LogP contribution in [0, 0.1) is 0 Å². The summed E-state index contributed by atoms with van der Waals surface area (Å²) >= 11 is 0. The summed E-state index contributed by atoms with van der Waals surface area (Å²) in [6.07, 6.45) is 6.68. The normalized spacial score (nSPS) is 24.5. The second-order valence-corrected chi connectivity index (χ2v) is 5.83. The van der Waals surface area contributed by atoms with Gasteiger partial charge in [-0.15, -0.1) is 0 Å². The van der Waals surface area contributed by atoms with Gasteiger partial charge in [0.05, 0.1) is 4.91 Å². The Kier molecular flexibility index (Phi) is 2.80. The van der Waals surface area contributed by atoms with Crippen LogP contribution in [0.3, 0.4) is 0 Å². The number of nitrogens with one attached hydrogen (secondary N) is 1. The third-order valence-electron chi connectivity index (χ3n) is 2.30. The summed E-state index contributed by atoms with van der Waals surface area (Å²) in [6.45, 7) is 1.77. The van der Waals surface area contributed by atoms with Gasteiger partial charge in [0.25, 0.3) is 10.0 Å². The Morgan fingerprint density at radius 3 is 2.94 bits per heavy atom. The third-order valence-corrected chi connectivity index (χ3v) is 3.65. The lowest BCUT2D eigenvalue weighted by Crippen LogP contribution is -2.35. The Morgan fingerprint density at radius 1 is 1.59 bits per heavy atom. The number of rotatable bonds is 3. The van der Waals surface area contributed by atoms with E-state index in [0.717, 1.165) is 0 Å². The molecule has 0 bridgehead atoms. The molecule has 0 radical (unpaired) electrons. The first-order valence-corrected chi connectivity index (χ1v) is 6.49. The molecule has 1 unspecified atom stereocenters. The van der Waals surface area contributed by atoms with Crippen LogP contribution < -0.4 is 10.5 Å². The summed E-state index contributed by atoms with van der Waals surface area (Å²) in [6, 6.07) is 1.42. The first-order chi connectivity index (χ1) is 7.89. The highest BCUT2D eigenvalue weighted by Gasteiger charge is 2.25. The van der Waals surface area contributed by atoms with E-state index in [-0.39, 0.29) is 10.7 Å². The maximum Gasteiger partial charge on any atom is 0.262 e. The standard InChI is InChI=1S/C10H13N3O3S/c1-10(11)5-2-3-8(7-10)17(14,15)13-9-4-6-16-12-9/h2-4,6-7H,5,11H2,1H3,(H,12,13). The maximum absolute atomic E-state index is 12.0. The zero-order valence-electron chi connectivity index (χ0n) is 9.25. The highest BCUT2D eigenvalue weighted by atomic mass is 32.2. The molecular weight excluding hydrogens is 242 g/mol. The van der Waals surface area contributed by atoms with Gasteiger partial charge in [-0.2, -0.15) is 0 Å². The summed E-state index contributed by atoms with van der Waals surface area (Å²) in [5.41, 5.74) is 5.23. The molecule has 1 aromatic heterocycles. The topological polar surface area (TPSA) is 98.2 Å². The quantitative estimate of drug-likeness (QED) is 0.838. The molecule has 6 nitrogen and oxygen atoms in total. The lowest BCUT2D eigenvalue weighted by molar-refractivity contribution is 0.423. The number of aromatic nitrogens is 1. The van der Waals surface area contributed by atoms with Crippen LogP contribution in [0.1, 0.15) is 13.3 Å². The van der Waals surface area contributed by atoms with Gasteiger partial charge < -0.3 is 10.3 Å². The van der Waals surface area contributed by atoms with Crippen molar-refractivity contribution in [2.24, 2.45) is 5.73 Å². The highest BCUT2D eigenvalue weighted by molar-refractivity contribution is 7.96. The van der Waals surface area contributed by atoms with Crippen molar-refractivity contribution in [1.29, 1.82) is 0 Å². The summed E-state index contributed by atoms with van der Waals surface area (Å²) in [5, 5.41) is 3.48. The molecule has 0 amide bonds. The van der Waals surface area contributed by atoms with Gasteiger partial charge in [0.15, 0.2) is 5.82 Å². The van der Waals surface area contributed by atoms with Crippen molar-refractivity contribution in [3.63, 3.8) is 0 Å². The minimum atomic E-state index is -3.66. The van der Waals surface area contributed by atoms with E-state index in [1.54, 1.807) is 13.0 Å². The van der Waals surface area contributed by atoms with Crippen LogP contribution >= 0.6 is 0 Å². The zero-order chi connectivity index (χ0) is 12.5. The van der Waals surface area contributed by atoms with Crippen LogP contribution in [0.25, 0.3) is 0 Å². The molecule has 0 spiro atoms. The van der Waals surface area contributed by atoms with Crippen molar-refractivity contribution >= 4 is 15.8 Å². The van der Waals surface area contributed by atoms with Gasteiger partial charge in [-0.3, -0.25) is 4.72 Å². The molecule has 7 heteroatoms. The smallest absolute Gasteiger partial charge is 0.262 e. The fraction of sp³-hybridized carbons (Fsp3) is 0.300. The molecular formula is C10H13N3O3S. The Bertz CT molecular complexity index is 556. The lowest BCUT2D eigenvalue weighted by Gasteiger charge is -2.23. The van der Waals surface area contributed by atoms with Crippen LogP contribution in [0.15, 0.2) is 40.0 Å². The van der Waals surface area contributed by atoms with Crippen LogP contribution in [0.2, 0.25) is 0 Å². The van der Waals surface area contributed by atoms with E-state index in [4.69, 9.17) is 5.73 Å². The van der Waals surface area contributed by atoms with Crippen molar-refractivity contribution in [2.75, 3.05) is 4.72 Å². The molecule has 0 saturated heterocycles. The third kappa shape index (κ3) is 2.75. The minimum Gasteiger partial charge on any atom is -0.363 e. The Balaban J connectivity index is 2.27. The fourth-order valence-corrected chi connectivity index (χ4v) is 2.69. The number of sulfonamides is 1. The molecule has 1 aliphatic rings. The predicted molar refractivity (Wildman–Crippen MR) is 63.5 cm³/mol. The first-order valence-electron chi connectivity index (χ1n) is 5.01. The number of anilines is 1. The van der Waals surface area contributed by atoms with Crippen LogP contribution in [0.5, 0.6) is 0 Å². The number of nitrogens with zero attached hydrogens (tertiary/aromatic N) is 1. The van der Waals surface area contributed by atoms with Gasteiger partial charge >= 0.3 is 0 Å².